The molecular formula is C19H16N4O2S. The Morgan fingerprint density at radius 2 is 2.04 bits per heavy atom. The second kappa shape index (κ2) is 5.88. The monoisotopic (exact) mass is 364 g/mol. The number of rotatable bonds is 2. The lowest BCUT2D eigenvalue weighted by Gasteiger charge is -2.10. The van der Waals surface area contributed by atoms with Crippen molar-refractivity contribution in [1.29, 1.82) is 0 Å². The second-order valence-corrected chi connectivity index (χ2v) is 7.67. The van der Waals surface area contributed by atoms with Crippen molar-refractivity contribution in [3.63, 3.8) is 0 Å². The number of pyridine rings is 1. The van der Waals surface area contributed by atoms with Crippen molar-refractivity contribution < 1.29 is 0 Å². The SMILES string of the molecule is O=c1c2c3c(sc2ncn1Cc1cc(=O)n2ccccc2n1)CCCC3. The Bertz CT molecular complexity index is 1270. The minimum atomic E-state index is -0.152. The summed E-state index contributed by atoms with van der Waals surface area (Å²) in [5, 5.41) is 0.754. The third-order valence-corrected chi connectivity index (χ3v) is 6.10. The van der Waals surface area contributed by atoms with Gasteiger partial charge in [0.25, 0.3) is 11.1 Å². The van der Waals surface area contributed by atoms with Gasteiger partial charge in [-0.25, -0.2) is 9.97 Å². The molecule has 0 saturated heterocycles. The molecule has 4 aromatic heterocycles. The molecule has 0 radical (unpaired) electrons. The predicted molar refractivity (Wildman–Crippen MR) is 101 cm³/mol. The third-order valence-electron chi connectivity index (χ3n) is 4.90. The van der Waals surface area contributed by atoms with Crippen molar-refractivity contribution >= 4 is 27.2 Å². The first-order valence-corrected chi connectivity index (χ1v) is 9.49. The lowest BCUT2D eigenvalue weighted by Crippen LogP contribution is -2.24. The van der Waals surface area contributed by atoms with E-state index in [1.54, 1.807) is 40.6 Å². The molecule has 4 aromatic rings. The van der Waals surface area contributed by atoms with Gasteiger partial charge >= 0.3 is 0 Å². The van der Waals surface area contributed by atoms with Crippen LogP contribution in [0.1, 0.15) is 29.0 Å². The molecule has 0 spiro atoms. The van der Waals surface area contributed by atoms with Gasteiger partial charge in [-0.3, -0.25) is 18.6 Å². The van der Waals surface area contributed by atoms with Crippen molar-refractivity contribution in [2.45, 2.75) is 32.2 Å². The van der Waals surface area contributed by atoms with Gasteiger partial charge in [0.1, 0.15) is 10.5 Å². The smallest absolute Gasteiger partial charge is 0.262 e. The van der Waals surface area contributed by atoms with Gasteiger partial charge in [-0.2, -0.15) is 0 Å². The van der Waals surface area contributed by atoms with Gasteiger partial charge in [0.15, 0.2) is 0 Å². The van der Waals surface area contributed by atoms with Crippen molar-refractivity contribution in [3.8, 4) is 0 Å². The normalized spacial score (nSPS) is 14.0. The molecule has 6 nitrogen and oxygen atoms in total. The summed E-state index contributed by atoms with van der Waals surface area (Å²) in [5.74, 6) is 0. The molecule has 0 aromatic carbocycles. The maximum Gasteiger partial charge on any atom is 0.262 e. The quantitative estimate of drug-likeness (QED) is 0.548. The predicted octanol–water partition coefficient (Wildman–Crippen LogP) is 2.39. The molecule has 0 fully saturated rings. The summed E-state index contributed by atoms with van der Waals surface area (Å²) in [6.07, 6.45) is 7.55. The van der Waals surface area contributed by atoms with E-state index in [4.69, 9.17) is 0 Å². The van der Waals surface area contributed by atoms with E-state index in [0.29, 0.717) is 11.3 Å². The maximum atomic E-state index is 13.0. The van der Waals surface area contributed by atoms with Gasteiger partial charge in [0.05, 0.1) is 24.0 Å². The van der Waals surface area contributed by atoms with Crippen LogP contribution in [0.3, 0.4) is 0 Å². The lowest BCUT2D eigenvalue weighted by atomic mass is 9.97. The van der Waals surface area contributed by atoms with E-state index in [1.807, 2.05) is 6.07 Å². The average molecular weight is 364 g/mol. The van der Waals surface area contributed by atoms with Crippen LogP contribution in [0.4, 0.5) is 0 Å². The number of aryl methyl sites for hydroxylation is 2. The number of aromatic nitrogens is 4. The minimum absolute atomic E-state index is 0.0375. The first-order chi connectivity index (χ1) is 12.7. The summed E-state index contributed by atoms with van der Waals surface area (Å²) < 4.78 is 3.05. The van der Waals surface area contributed by atoms with Crippen LogP contribution in [-0.4, -0.2) is 18.9 Å². The molecule has 130 valence electrons. The van der Waals surface area contributed by atoms with E-state index in [9.17, 15) is 9.59 Å². The Kier molecular flexibility index (Phi) is 3.49. The molecule has 7 heteroatoms. The fraction of sp³-hybridized carbons (Fsp3) is 0.263. The van der Waals surface area contributed by atoms with E-state index in [-0.39, 0.29) is 17.7 Å². The van der Waals surface area contributed by atoms with Crippen molar-refractivity contribution in [3.05, 3.63) is 73.6 Å². The third kappa shape index (κ3) is 2.39. The molecule has 26 heavy (non-hydrogen) atoms. The summed E-state index contributed by atoms with van der Waals surface area (Å²) in [7, 11) is 0. The van der Waals surface area contributed by atoms with Crippen LogP contribution in [0.5, 0.6) is 0 Å². The molecule has 0 unspecified atom stereocenters. The highest BCUT2D eigenvalue weighted by Gasteiger charge is 2.20. The van der Waals surface area contributed by atoms with Gasteiger partial charge in [-0.15, -0.1) is 11.3 Å². The molecule has 1 aliphatic carbocycles. The van der Waals surface area contributed by atoms with Crippen LogP contribution >= 0.6 is 11.3 Å². The second-order valence-electron chi connectivity index (χ2n) is 6.58. The molecule has 0 aliphatic heterocycles. The molecule has 5 rings (SSSR count). The summed E-state index contributed by atoms with van der Waals surface area (Å²) >= 11 is 1.64. The minimum Gasteiger partial charge on any atom is -0.293 e. The zero-order valence-electron chi connectivity index (χ0n) is 14.0. The zero-order valence-corrected chi connectivity index (χ0v) is 14.8. The Balaban J connectivity index is 1.63. The summed E-state index contributed by atoms with van der Waals surface area (Å²) in [6.45, 7) is 0.243. The Morgan fingerprint density at radius 3 is 2.96 bits per heavy atom. The highest BCUT2D eigenvalue weighted by Crippen LogP contribution is 2.33. The molecular weight excluding hydrogens is 348 g/mol. The first kappa shape index (κ1) is 15.5. The number of thiophene rings is 1. The van der Waals surface area contributed by atoms with Gasteiger partial charge in [-0.1, -0.05) is 6.07 Å². The van der Waals surface area contributed by atoms with Crippen molar-refractivity contribution in [2.24, 2.45) is 0 Å². The molecule has 0 atom stereocenters. The molecule has 0 bridgehead atoms. The van der Waals surface area contributed by atoms with E-state index in [1.165, 1.54) is 27.3 Å². The van der Waals surface area contributed by atoms with E-state index in [2.05, 4.69) is 9.97 Å². The van der Waals surface area contributed by atoms with Crippen LogP contribution in [-0.2, 0) is 19.4 Å². The van der Waals surface area contributed by atoms with Gasteiger partial charge in [0.2, 0.25) is 0 Å². The van der Waals surface area contributed by atoms with E-state index < -0.39 is 0 Å². The van der Waals surface area contributed by atoms with Crippen molar-refractivity contribution in [2.75, 3.05) is 0 Å². The Labute approximate surface area is 152 Å². The topological polar surface area (TPSA) is 69.3 Å². The molecule has 0 amide bonds. The van der Waals surface area contributed by atoms with Gasteiger partial charge in [0, 0.05) is 17.1 Å². The molecule has 0 saturated carbocycles. The highest BCUT2D eigenvalue weighted by molar-refractivity contribution is 7.18. The van der Waals surface area contributed by atoms with Crippen molar-refractivity contribution in [1.82, 2.24) is 18.9 Å². The van der Waals surface area contributed by atoms with Crippen LogP contribution in [0, 0.1) is 0 Å². The summed E-state index contributed by atoms with van der Waals surface area (Å²) in [4.78, 5) is 36.4. The van der Waals surface area contributed by atoms with Crippen LogP contribution in [0.2, 0.25) is 0 Å². The first-order valence-electron chi connectivity index (χ1n) is 8.68. The summed E-state index contributed by atoms with van der Waals surface area (Å²) in [5.41, 5.74) is 2.12. The number of hydrogen-bond donors (Lipinski definition) is 0. The Hall–Kier alpha value is -2.80. The van der Waals surface area contributed by atoms with E-state index in [0.717, 1.165) is 29.5 Å². The summed E-state index contributed by atoms with van der Waals surface area (Å²) in [6, 6.07) is 6.89. The number of nitrogens with zero attached hydrogens (tertiary/aromatic N) is 4. The maximum absolute atomic E-state index is 13.0. The van der Waals surface area contributed by atoms with Gasteiger partial charge < -0.3 is 0 Å². The number of hydrogen-bond acceptors (Lipinski definition) is 5. The van der Waals surface area contributed by atoms with Crippen LogP contribution < -0.4 is 11.1 Å². The van der Waals surface area contributed by atoms with Crippen LogP contribution in [0.25, 0.3) is 15.9 Å². The fourth-order valence-corrected chi connectivity index (χ4v) is 4.87. The highest BCUT2D eigenvalue weighted by atomic mass is 32.1. The fourth-order valence-electron chi connectivity index (χ4n) is 3.65. The van der Waals surface area contributed by atoms with Gasteiger partial charge in [-0.05, 0) is 43.4 Å². The molecule has 1 aliphatic rings. The zero-order chi connectivity index (χ0) is 17.7. The Morgan fingerprint density at radius 1 is 1.15 bits per heavy atom. The van der Waals surface area contributed by atoms with E-state index >= 15 is 0 Å². The number of fused-ring (bicyclic) bond motifs is 4. The standard InChI is InChI=1S/C19H16N4O2S/c24-16-9-12(21-15-7-3-4-8-23(15)16)10-22-11-20-18-17(19(22)25)13-5-1-2-6-14(13)26-18/h3-4,7-9,11H,1-2,5-6,10H2. The van der Waals surface area contributed by atoms with Crippen LogP contribution in [0.15, 0.2) is 46.4 Å². The molecule has 0 N–H and O–H groups in total. The largest absolute Gasteiger partial charge is 0.293 e. The molecule has 4 heterocycles. The average Bonchev–Trinajstić information content (AvgIpc) is 3.03. The lowest BCUT2D eigenvalue weighted by molar-refractivity contribution is 0.696.